The minimum Gasteiger partial charge on any atom is -0.369 e. The summed E-state index contributed by atoms with van der Waals surface area (Å²) in [6.45, 7) is 12.1. The Morgan fingerprint density at radius 3 is 2.55 bits per heavy atom. The summed E-state index contributed by atoms with van der Waals surface area (Å²) in [5.74, 6) is 2.52. The smallest absolute Gasteiger partial charge is 0.278 e. The molecule has 0 radical (unpaired) electrons. The van der Waals surface area contributed by atoms with E-state index in [2.05, 4.69) is 63.9 Å². The Balaban J connectivity index is 1.12. The molecule has 42 heavy (non-hydrogen) atoms. The topological polar surface area (TPSA) is 84.1 Å². The summed E-state index contributed by atoms with van der Waals surface area (Å²) >= 11 is 0. The molecular weight excluding hydrogens is 524 g/mol. The van der Waals surface area contributed by atoms with Gasteiger partial charge in [-0.2, -0.15) is 4.98 Å². The van der Waals surface area contributed by atoms with Crippen LogP contribution >= 0.6 is 0 Å². The molecule has 9 nitrogen and oxygen atoms in total. The zero-order valence-corrected chi connectivity index (χ0v) is 24.5. The molecule has 4 heterocycles. The molecule has 1 aromatic carbocycles. The molecule has 1 unspecified atom stereocenters. The van der Waals surface area contributed by atoms with Gasteiger partial charge in [0.2, 0.25) is 5.95 Å². The number of benzene rings is 1. The maximum absolute atomic E-state index is 13.4. The Hall–Kier alpha value is -3.98. The van der Waals surface area contributed by atoms with Crippen molar-refractivity contribution in [1.82, 2.24) is 29.2 Å². The van der Waals surface area contributed by atoms with Crippen molar-refractivity contribution < 1.29 is 0 Å². The molecule has 0 spiro atoms. The lowest BCUT2D eigenvalue weighted by atomic mass is 9.85. The third-order valence-electron chi connectivity index (χ3n) is 9.44. The predicted octanol–water partition coefficient (Wildman–Crippen LogP) is 5.27. The normalized spacial score (nSPS) is 19.2. The van der Waals surface area contributed by atoms with Gasteiger partial charge in [0.05, 0.1) is 6.54 Å². The van der Waals surface area contributed by atoms with E-state index in [1.807, 2.05) is 10.7 Å². The molecule has 1 atom stereocenters. The number of piperazine rings is 1. The second-order valence-electron chi connectivity index (χ2n) is 12.0. The number of nitrogens with one attached hydrogen (secondary N) is 1. The summed E-state index contributed by atoms with van der Waals surface area (Å²) in [6, 6.07) is 12.6. The van der Waals surface area contributed by atoms with Gasteiger partial charge in [-0.1, -0.05) is 25.5 Å². The number of aromatic nitrogens is 5. The van der Waals surface area contributed by atoms with Crippen molar-refractivity contribution >= 4 is 28.4 Å². The number of anilines is 3. The third-order valence-corrected chi connectivity index (χ3v) is 9.44. The van der Waals surface area contributed by atoms with Crippen LogP contribution in [0.5, 0.6) is 0 Å². The Kier molecular flexibility index (Phi) is 7.27. The van der Waals surface area contributed by atoms with Crippen LogP contribution in [0.3, 0.4) is 0 Å². The molecular formula is C33H40N8O. The van der Waals surface area contributed by atoms with Gasteiger partial charge in [0.15, 0.2) is 11.5 Å². The number of fused-ring (bicyclic) bond motifs is 2. The molecule has 4 aromatic rings. The number of aryl methyl sites for hydroxylation is 1. The van der Waals surface area contributed by atoms with E-state index in [1.54, 1.807) is 17.0 Å². The van der Waals surface area contributed by atoms with Crippen molar-refractivity contribution in [2.45, 2.75) is 57.9 Å². The second kappa shape index (κ2) is 11.4. The summed E-state index contributed by atoms with van der Waals surface area (Å²) in [6.07, 6.45) is 10.8. The Bertz CT molecular complexity index is 1640. The van der Waals surface area contributed by atoms with E-state index in [0.29, 0.717) is 35.3 Å². The molecule has 9 heteroatoms. The van der Waals surface area contributed by atoms with Crippen molar-refractivity contribution in [1.29, 1.82) is 0 Å². The largest absolute Gasteiger partial charge is 0.369 e. The van der Waals surface area contributed by atoms with E-state index in [4.69, 9.17) is 9.97 Å². The molecule has 0 bridgehead atoms. The second-order valence-corrected chi connectivity index (χ2v) is 12.0. The number of hydrogen-bond donors (Lipinski definition) is 1. The van der Waals surface area contributed by atoms with Crippen molar-refractivity contribution in [3.05, 3.63) is 76.9 Å². The Morgan fingerprint density at radius 2 is 1.83 bits per heavy atom. The summed E-state index contributed by atoms with van der Waals surface area (Å²) in [4.78, 5) is 32.9. The lowest BCUT2D eigenvalue weighted by Crippen LogP contribution is -2.48. The minimum absolute atomic E-state index is 0.150. The van der Waals surface area contributed by atoms with Crippen LogP contribution in [0.25, 0.3) is 16.9 Å². The van der Waals surface area contributed by atoms with Crippen LogP contribution in [0.4, 0.5) is 17.3 Å². The fourth-order valence-corrected chi connectivity index (χ4v) is 6.76. The maximum atomic E-state index is 13.4. The molecule has 3 aromatic heterocycles. The van der Waals surface area contributed by atoms with E-state index < -0.39 is 0 Å². The van der Waals surface area contributed by atoms with Gasteiger partial charge in [0.25, 0.3) is 5.56 Å². The molecule has 3 aliphatic rings. The van der Waals surface area contributed by atoms with Gasteiger partial charge in [-0.05, 0) is 73.9 Å². The third kappa shape index (κ3) is 5.00. The number of allylic oxidation sites excluding steroid dienone is 1. The molecule has 1 aliphatic heterocycles. The fourth-order valence-electron chi connectivity index (χ4n) is 6.76. The van der Waals surface area contributed by atoms with Gasteiger partial charge >= 0.3 is 0 Å². The Labute approximate surface area is 246 Å². The number of hydrogen-bond acceptors (Lipinski definition) is 7. The van der Waals surface area contributed by atoms with Crippen molar-refractivity contribution in [2.75, 3.05) is 42.9 Å². The lowest BCUT2D eigenvalue weighted by Gasteiger charge is -2.39. The van der Waals surface area contributed by atoms with Crippen LogP contribution in [0.2, 0.25) is 0 Å². The summed E-state index contributed by atoms with van der Waals surface area (Å²) in [5, 5.41) is 3.81. The van der Waals surface area contributed by atoms with Crippen molar-refractivity contribution in [3.63, 3.8) is 0 Å². The van der Waals surface area contributed by atoms with Crippen LogP contribution in [-0.2, 0) is 13.0 Å². The van der Waals surface area contributed by atoms with Crippen LogP contribution in [0.15, 0.2) is 60.0 Å². The summed E-state index contributed by atoms with van der Waals surface area (Å²) < 4.78 is 3.47. The van der Waals surface area contributed by atoms with Crippen LogP contribution in [0.1, 0.15) is 56.2 Å². The monoisotopic (exact) mass is 564 g/mol. The van der Waals surface area contributed by atoms with Crippen LogP contribution in [-0.4, -0.2) is 61.9 Å². The van der Waals surface area contributed by atoms with Gasteiger partial charge in [0, 0.05) is 61.9 Å². The highest BCUT2D eigenvalue weighted by atomic mass is 16.1. The van der Waals surface area contributed by atoms with E-state index in [0.717, 1.165) is 62.7 Å². The molecule has 1 N–H and O–H groups in total. The lowest BCUT2D eigenvalue weighted by molar-refractivity contribution is 0.170. The molecule has 7 rings (SSSR count). The molecule has 2 fully saturated rings. The first kappa shape index (κ1) is 26.9. The van der Waals surface area contributed by atoms with Crippen LogP contribution in [0, 0.1) is 5.92 Å². The number of rotatable bonds is 9. The first-order valence-corrected chi connectivity index (χ1v) is 15.5. The zero-order valence-electron chi connectivity index (χ0n) is 24.5. The highest BCUT2D eigenvalue weighted by molar-refractivity contribution is 5.77. The predicted molar refractivity (Wildman–Crippen MR) is 168 cm³/mol. The molecule has 2 aliphatic carbocycles. The first-order chi connectivity index (χ1) is 20.6. The molecule has 0 amide bonds. The number of nitrogens with zero attached hydrogens (tertiary/aromatic N) is 7. The maximum Gasteiger partial charge on any atom is 0.278 e. The van der Waals surface area contributed by atoms with Crippen molar-refractivity contribution in [3.8, 4) is 5.82 Å². The van der Waals surface area contributed by atoms with E-state index in [1.165, 1.54) is 37.1 Å². The van der Waals surface area contributed by atoms with Gasteiger partial charge in [-0.15, -0.1) is 6.58 Å². The standard InChI is InChI=1S/C33H40N8O/c1-3-16-40-32(42)28-21-34-33(37-31(28)41(40)29-15-10-25-9-8-24(4-2)30(25)36-29)35-26-11-13-27(14-12-26)39-19-17-38(18-20-39)22-23-6-5-7-23/h3,10-15,21,23-24H,1,4-9,16-20,22H2,2H3,(H,34,35,37). The molecule has 1 saturated heterocycles. The van der Waals surface area contributed by atoms with E-state index >= 15 is 0 Å². The van der Waals surface area contributed by atoms with Gasteiger partial charge in [-0.3, -0.25) is 9.69 Å². The van der Waals surface area contributed by atoms with Gasteiger partial charge < -0.3 is 10.2 Å². The molecule has 218 valence electrons. The quantitative estimate of drug-likeness (QED) is 0.277. The summed E-state index contributed by atoms with van der Waals surface area (Å²) in [7, 11) is 0. The fraction of sp³-hybridized carbons (Fsp3) is 0.455. The molecule has 1 saturated carbocycles. The average molecular weight is 565 g/mol. The van der Waals surface area contributed by atoms with E-state index in [9.17, 15) is 4.79 Å². The minimum atomic E-state index is -0.150. The zero-order chi connectivity index (χ0) is 28.6. The SMILES string of the molecule is C=CCn1c(=O)c2cnc(Nc3ccc(N4CCN(CC5CCC5)CC4)cc3)nc2n1-c1ccc2c(n1)C(CC)CC2. The van der Waals surface area contributed by atoms with Crippen molar-refractivity contribution in [2.24, 2.45) is 5.92 Å². The first-order valence-electron chi connectivity index (χ1n) is 15.5. The average Bonchev–Trinajstić information content (AvgIpc) is 3.53. The van der Waals surface area contributed by atoms with Gasteiger partial charge in [0.1, 0.15) is 5.39 Å². The van der Waals surface area contributed by atoms with E-state index in [-0.39, 0.29) is 5.56 Å². The highest BCUT2D eigenvalue weighted by Gasteiger charge is 2.26. The highest BCUT2D eigenvalue weighted by Crippen LogP contribution is 2.34. The Morgan fingerprint density at radius 1 is 1.02 bits per heavy atom. The summed E-state index contributed by atoms with van der Waals surface area (Å²) in [5.41, 5.74) is 4.97. The van der Waals surface area contributed by atoms with Gasteiger partial charge in [-0.25, -0.2) is 19.3 Å². The number of pyridine rings is 1. The van der Waals surface area contributed by atoms with Crippen LogP contribution < -0.4 is 15.8 Å².